The maximum Gasteiger partial charge on any atom is 0.411 e. The van der Waals surface area contributed by atoms with Gasteiger partial charge in [-0.25, -0.2) is 14.4 Å². The summed E-state index contributed by atoms with van der Waals surface area (Å²) in [7, 11) is 1.21. The van der Waals surface area contributed by atoms with Gasteiger partial charge < -0.3 is 19.9 Å². The molecule has 20 heavy (non-hydrogen) atoms. The summed E-state index contributed by atoms with van der Waals surface area (Å²) in [6, 6.07) is -1.50. The lowest BCUT2D eigenvalue weighted by atomic mass is 10.2. The molecule has 1 aliphatic heterocycles. The van der Waals surface area contributed by atoms with E-state index >= 15 is 0 Å². The van der Waals surface area contributed by atoms with E-state index in [9.17, 15) is 14.4 Å². The fourth-order valence-corrected chi connectivity index (χ4v) is 1.92. The van der Waals surface area contributed by atoms with E-state index in [1.807, 2.05) is 0 Å². The summed E-state index contributed by atoms with van der Waals surface area (Å²) in [5, 5.41) is 11.6. The van der Waals surface area contributed by atoms with Gasteiger partial charge in [-0.15, -0.1) is 0 Å². The zero-order chi connectivity index (χ0) is 15.5. The molecule has 0 radical (unpaired) electrons. The molecule has 1 saturated heterocycles. The Labute approximate surface area is 117 Å². The number of aliphatic carboxylic acids is 1. The monoisotopic (exact) mass is 288 g/mol. The molecule has 114 valence electrons. The van der Waals surface area contributed by atoms with Gasteiger partial charge in [0.15, 0.2) is 0 Å². The highest BCUT2D eigenvalue weighted by atomic mass is 16.6. The molecule has 0 saturated carbocycles. The van der Waals surface area contributed by atoms with Crippen LogP contribution in [0.1, 0.15) is 27.2 Å². The molecule has 2 N–H and O–H groups in total. The molecule has 8 nitrogen and oxygen atoms in total. The van der Waals surface area contributed by atoms with E-state index in [-0.39, 0.29) is 13.0 Å². The quantitative estimate of drug-likeness (QED) is 0.778. The highest BCUT2D eigenvalue weighted by molar-refractivity contribution is 5.81. The molecular weight excluding hydrogens is 268 g/mol. The first kappa shape index (κ1) is 16.1. The van der Waals surface area contributed by atoms with E-state index in [1.165, 1.54) is 7.11 Å². The molecule has 0 unspecified atom stereocenters. The Balaban J connectivity index is 2.75. The molecule has 1 heterocycles. The van der Waals surface area contributed by atoms with E-state index in [2.05, 4.69) is 10.1 Å². The molecule has 0 spiro atoms. The van der Waals surface area contributed by atoms with Crippen LogP contribution in [0.15, 0.2) is 0 Å². The number of carboxylic acid groups (broad SMARTS) is 1. The van der Waals surface area contributed by atoms with E-state index in [1.54, 1.807) is 20.8 Å². The third kappa shape index (κ3) is 4.29. The zero-order valence-electron chi connectivity index (χ0n) is 12.0. The number of nitrogens with zero attached hydrogens (tertiary/aromatic N) is 1. The molecule has 0 aromatic carbocycles. The summed E-state index contributed by atoms with van der Waals surface area (Å²) in [5.74, 6) is -1.13. The Hall–Kier alpha value is -1.99. The van der Waals surface area contributed by atoms with Crippen molar-refractivity contribution < 1.29 is 29.0 Å². The van der Waals surface area contributed by atoms with Crippen LogP contribution in [-0.2, 0) is 14.3 Å². The van der Waals surface area contributed by atoms with Gasteiger partial charge in [0.2, 0.25) is 0 Å². The van der Waals surface area contributed by atoms with Crippen LogP contribution < -0.4 is 5.32 Å². The van der Waals surface area contributed by atoms with Crippen molar-refractivity contribution in [1.29, 1.82) is 0 Å². The number of rotatable bonds is 2. The van der Waals surface area contributed by atoms with Gasteiger partial charge in [-0.1, -0.05) is 0 Å². The number of carboxylic acids is 1. The number of amides is 2. The van der Waals surface area contributed by atoms with Crippen LogP contribution in [0.3, 0.4) is 0 Å². The fourth-order valence-electron chi connectivity index (χ4n) is 1.92. The molecule has 0 aromatic rings. The summed E-state index contributed by atoms with van der Waals surface area (Å²) in [6.45, 7) is 5.16. The second kappa shape index (κ2) is 5.98. The maximum atomic E-state index is 12.0. The lowest BCUT2D eigenvalue weighted by Crippen LogP contribution is -2.44. The predicted molar refractivity (Wildman–Crippen MR) is 68.3 cm³/mol. The van der Waals surface area contributed by atoms with Gasteiger partial charge in [0.1, 0.15) is 11.6 Å². The number of ether oxygens (including phenoxy) is 2. The molecular formula is C12H20N2O6. The number of likely N-dealkylation sites (tertiary alicyclic amines) is 1. The van der Waals surface area contributed by atoms with Crippen LogP contribution in [0.4, 0.5) is 9.59 Å². The summed E-state index contributed by atoms with van der Waals surface area (Å²) in [5.41, 5.74) is -0.714. The van der Waals surface area contributed by atoms with Crippen LogP contribution in [0.2, 0.25) is 0 Å². The van der Waals surface area contributed by atoms with Gasteiger partial charge in [-0.3, -0.25) is 4.90 Å². The molecule has 2 amide bonds. The number of methoxy groups -OCH3 is 1. The molecule has 0 bridgehead atoms. The Morgan fingerprint density at radius 1 is 1.30 bits per heavy atom. The third-order valence-electron chi connectivity index (χ3n) is 2.72. The second-order valence-electron chi connectivity index (χ2n) is 5.56. The normalized spacial score (nSPS) is 22.3. The smallest absolute Gasteiger partial charge is 0.411 e. The topological polar surface area (TPSA) is 105 Å². The second-order valence-corrected chi connectivity index (χ2v) is 5.56. The van der Waals surface area contributed by atoms with Crippen LogP contribution >= 0.6 is 0 Å². The van der Waals surface area contributed by atoms with Crippen LogP contribution in [0.5, 0.6) is 0 Å². The van der Waals surface area contributed by atoms with Crippen molar-refractivity contribution in [2.45, 2.75) is 44.9 Å². The van der Waals surface area contributed by atoms with Crippen LogP contribution in [0, 0.1) is 0 Å². The predicted octanol–water partition coefficient (Wildman–Crippen LogP) is 0.805. The number of carbonyl (C=O) groups is 3. The number of hydrogen-bond donors (Lipinski definition) is 2. The number of alkyl carbamates (subject to hydrolysis) is 1. The fraction of sp³-hybridized carbons (Fsp3) is 0.750. The molecule has 1 aliphatic rings. The minimum Gasteiger partial charge on any atom is -0.480 e. The molecule has 0 aromatic heterocycles. The van der Waals surface area contributed by atoms with Crippen molar-refractivity contribution in [3.63, 3.8) is 0 Å². The van der Waals surface area contributed by atoms with Crippen molar-refractivity contribution in [3.8, 4) is 0 Å². The van der Waals surface area contributed by atoms with E-state index in [0.29, 0.717) is 0 Å². The summed E-state index contributed by atoms with van der Waals surface area (Å²) >= 11 is 0. The van der Waals surface area contributed by atoms with Crippen molar-refractivity contribution in [1.82, 2.24) is 10.2 Å². The lowest BCUT2D eigenvalue weighted by molar-refractivity contribution is -0.142. The first-order valence-corrected chi connectivity index (χ1v) is 6.21. The largest absolute Gasteiger partial charge is 0.480 e. The molecule has 1 fully saturated rings. The highest BCUT2D eigenvalue weighted by Crippen LogP contribution is 2.21. The lowest BCUT2D eigenvalue weighted by Gasteiger charge is -2.26. The molecule has 2 atom stereocenters. The zero-order valence-corrected chi connectivity index (χ0v) is 12.0. The van der Waals surface area contributed by atoms with Gasteiger partial charge in [-0.05, 0) is 20.8 Å². The van der Waals surface area contributed by atoms with Gasteiger partial charge in [-0.2, -0.15) is 0 Å². The van der Waals surface area contributed by atoms with Crippen LogP contribution in [0.25, 0.3) is 0 Å². The van der Waals surface area contributed by atoms with Gasteiger partial charge >= 0.3 is 18.2 Å². The van der Waals surface area contributed by atoms with Crippen molar-refractivity contribution in [2.75, 3.05) is 13.7 Å². The van der Waals surface area contributed by atoms with Gasteiger partial charge in [0.05, 0.1) is 13.2 Å². The highest BCUT2D eigenvalue weighted by Gasteiger charge is 2.42. The van der Waals surface area contributed by atoms with E-state index in [0.717, 1.165) is 4.90 Å². The van der Waals surface area contributed by atoms with E-state index < -0.39 is 35.8 Å². The number of nitrogens with one attached hydrogen (secondary N) is 1. The van der Waals surface area contributed by atoms with Gasteiger partial charge in [0, 0.05) is 13.0 Å². The summed E-state index contributed by atoms with van der Waals surface area (Å²) in [4.78, 5) is 35.4. The molecule has 0 aliphatic carbocycles. The standard InChI is InChI=1S/C12H20N2O6/c1-12(2,3)20-11(18)14-6-7(13-10(17)19-4)5-8(14)9(15)16/h7-8H,5-6H2,1-4H3,(H,13,17)(H,15,16)/t7-,8+/m1/s1. The maximum absolute atomic E-state index is 12.0. The van der Waals surface area contributed by atoms with Crippen LogP contribution in [-0.4, -0.2) is 59.5 Å². The Bertz CT molecular complexity index is 403. The van der Waals surface area contributed by atoms with Crippen molar-refractivity contribution >= 4 is 18.2 Å². The minimum absolute atomic E-state index is 0.0704. The minimum atomic E-state index is -1.13. The Morgan fingerprint density at radius 2 is 1.90 bits per heavy atom. The average molecular weight is 288 g/mol. The van der Waals surface area contributed by atoms with Crippen molar-refractivity contribution in [3.05, 3.63) is 0 Å². The number of carbonyl (C=O) groups excluding carboxylic acids is 2. The first-order chi connectivity index (χ1) is 9.14. The average Bonchev–Trinajstić information content (AvgIpc) is 2.70. The Kier molecular flexibility index (Phi) is 4.80. The van der Waals surface area contributed by atoms with Gasteiger partial charge in [0.25, 0.3) is 0 Å². The van der Waals surface area contributed by atoms with E-state index in [4.69, 9.17) is 9.84 Å². The molecule has 1 rings (SSSR count). The Morgan fingerprint density at radius 3 is 2.35 bits per heavy atom. The molecule has 8 heteroatoms. The van der Waals surface area contributed by atoms with Crippen molar-refractivity contribution in [2.24, 2.45) is 0 Å². The summed E-state index contributed by atoms with van der Waals surface area (Å²) < 4.78 is 9.61. The summed E-state index contributed by atoms with van der Waals surface area (Å²) in [6.07, 6.45) is -1.26. The number of hydrogen-bond acceptors (Lipinski definition) is 5. The first-order valence-electron chi connectivity index (χ1n) is 6.21. The SMILES string of the molecule is COC(=O)N[C@@H]1C[C@@H](C(=O)O)N(C(=O)OC(C)(C)C)C1. The third-order valence-corrected chi connectivity index (χ3v) is 2.72.